The van der Waals surface area contributed by atoms with E-state index in [0.717, 1.165) is 35.7 Å². The second-order valence-electron chi connectivity index (χ2n) is 5.46. The molecular formula is C16H18N4O3S. The molecule has 6 N–H and O–H groups in total. The lowest BCUT2D eigenvalue weighted by molar-refractivity contribution is 0.100. The van der Waals surface area contributed by atoms with E-state index in [1.54, 1.807) is 6.07 Å². The van der Waals surface area contributed by atoms with Crippen LogP contribution >= 0.6 is 11.3 Å². The molecular weight excluding hydrogens is 328 g/mol. The fraction of sp³-hybridized carbons (Fsp3) is 0.250. The zero-order valence-electron chi connectivity index (χ0n) is 12.9. The highest BCUT2D eigenvalue weighted by Gasteiger charge is 2.17. The van der Waals surface area contributed by atoms with Gasteiger partial charge in [-0.1, -0.05) is 0 Å². The van der Waals surface area contributed by atoms with Crippen molar-refractivity contribution in [3.8, 4) is 16.2 Å². The average Bonchev–Trinajstić information content (AvgIpc) is 3.17. The monoisotopic (exact) mass is 346 g/mol. The molecule has 1 unspecified atom stereocenters. The van der Waals surface area contributed by atoms with Gasteiger partial charge in [0.05, 0.1) is 5.56 Å². The van der Waals surface area contributed by atoms with Crippen LogP contribution in [0.15, 0.2) is 30.3 Å². The standard InChI is InChI=1S/C16H18N4O3S/c17-14(21)12-7-13(24-15(12)20-16(18)22)9-1-3-10(4-2-9)23-11-5-6-19-8-11/h1-4,7,11,19H,5-6,8H2,(H2,17,21)(H3,18,20,22). The smallest absolute Gasteiger partial charge is 0.317 e. The van der Waals surface area contributed by atoms with Crippen molar-refractivity contribution >= 4 is 28.3 Å². The summed E-state index contributed by atoms with van der Waals surface area (Å²) in [6.45, 7) is 1.83. The van der Waals surface area contributed by atoms with Crippen molar-refractivity contribution in [3.63, 3.8) is 0 Å². The molecule has 2 heterocycles. The molecule has 0 bridgehead atoms. The lowest BCUT2D eigenvalue weighted by Gasteiger charge is -2.12. The van der Waals surface area contributed by atoms with Gasteiger partial charge in [-0.15, -0.1) is 11.3 Å². The summed E-state index contributed by atoms with van der Waals surface area (Å²) in [5.74, 6) is 0.185. The number of primary amides is 2. The number of nitrogens with two attached hydrogens (primary N) is 2. The summed E-state index contributed by atoms with van der Waals surface area (Å²) in [5, 5.41) is 6.03. The van der Waals surface area contributed by atoms with Crippen LogP contribution in [0, 0.1) is 0 Å². The number of hydrogen-bond donors (Lipinski definition) is 4. The zero-order valence-corrected chi connectivity index (χ0v) is 13.7. The number of rotatable bonds is 5. The van der Waals surface area contributed by atoms with Gasteiger partial charge in [-0.05, 0) is 48.9 Å². The molecule has 7 nitrogen and oxygen atoms in total. The van der Waals surface area contributed by atoms with Gasteiger partial charge in [0.1, 0.15) is 16.9 Å². The Morgan fingerprint density at radius 2 is 2.00 bits per heavy atom. The number of amides is 3. The summed E-state index contributed by atoms with van der Waals surface area (Å²) in [5.41, 5.74) is 11.6. The normalized spacial score (nSPS) is 16.8. The number of urea groups is 1. The Morgan fingerprint density at radius 3 is 2.58 bits per heavy atom. The molecule has 1 aromatic carbocycles. The highest BCUT2D eigenvalue weighted by Crippen LogP contribution is 2.36. The average molecular weight is 346 g/mol. The molecule has 3 rings (SSSR count). The molecule has 2 aromatic rings. The summed E-state index contributed by atoms with van der Waals surface area (Å²) in [6.07, 6.45) is 1.20. The highest BCUT2D eigenvalue weighted by molar-refractivity contribution is 7.20. The van der Waals surface area contributed by atoms with Crippen molar-refractivity contribution in [2.45, 2.75) is 12.5 Å². The van der Waals surface area contributed by atoms with E-state index in [2.05, 4.69) is 10.6 Å². The molecule has 1 aliphatic rings. The van der Waals surface area contributed by atoms with Crippen molar-refractivity contribution in [2.75, 3.05) is 18.4 Å². The molecule has 24 heavy (non-hydrogen) atoms. The largest absolute Gasteiger partial charge is 0.489 e. The van der Waals surface area contributed by atoms with E-state index in [-0.39, 0.29) is 11.7 Å². The summed E-state index contributed by atoms with van der Waals surface area (Å²) in [6, 6.07) is 8.50. The van der Waals surface area contributed by atoms with Crippen LogP contribution in [0.4, 0.5) is 9.80 Å². The quantitative estimate of drug-likeness (QED) is 0.659. The first kappa shape index (κ1) is 16.3. The van der Waals surface area contributed by atoms with Crippen LogP contribution in [-0.4, -0.2) is 31.1 Å². The maximum absolute atomic E-state index is 11.5. The van der Waals surface area contributed by atoms with Crippen LogP contribution in [0.2, 0.25) is 0 Å². The van der Waals surface area contributed by atoms with Gasteiger partial charge in [0.15, 0.2) is 0 Å². The number of thiophene rings is 1. The number of carbonyl (C=O) groups excluding carboxylic acids is 2. The molecule has 0 saturated carbocycles. The number of benzene rings is 1. The van der Waals surface area contributed by atoms with Crippen molar-refractivity contribution in [3.05, 3.63) is 35.9 Å². The fourth-order valence-electron chi connectivity index (χ4n) is 2.54. The molecule has 0 spiro atoms. The SMILES string of the molecule is NC(=O)Nc1sc(-c2ccc(OC3CCNC3)cc2)cc1C(N)=O. The Labute approximate surface area is 143 Å². The van der Waals surface area contributed by atoms with Crippen LogP contribution < -0.4 is 26.8 Å². The third kappa shape index (κ3) is 3.66. The van der Waals surface area contributed by atoms with Gasteiger partial charge in [0, 0.05) is 11.4 Å². The van der Waals surface area contributed by atoms with Gasteiger partial charge in [-0.3, -0.25) is 10.1 Å². The maximum atomic E-state index is 11.5. The molecule has 8 heteroatoms. The van der Waals surface area contributed by atoms with Crippen LogP contribution in [-0.2, 0) is 0 Å². The third-order valence-electron chi connectivity index (χ3n) is 3.69. The van der Waals surface area contributed by atoms with Crippen LogP contribution in [0.5, 0.6) is 5.75 Å². The van der Waals surface area contributed by atoms with Crippen molar-refractivity contribution in [1.29, 1.82) is 0 Å². The lowest BCUT2D eigenvalue weighted by atomic mass is 10.1. The minimum atomic E-state index is -0.736. The van der Waals surface area contributed by atoms with E-state index < -0.39 is 11.9 Å². The summed E-state index contributed by atoms with van der Waals surface area (Å²) < 4.78 is 5.88. The number of anilines is 1. The predicted molar refractivity (Wildman–Crippen MR) is 93.4 cm³/mol. The molecule has 3 amide bonds. The summed E-state index contributed by atoms with van der Waals surface area (Å²) in [7, 11) is 0. The van der Waals surface area contributed by atoms with Gasteiger partial charge in [-0.2, -0.15) is 0 Å². The third-order valence-corrected chi connectivity index (χ3v) is 4.79. The Morgan fingerprint density at radius 1 is 1.25 bits per heavy atom. The Balaban J connectivity index is 1.80. The summed E-state index contributed by atoms with van der Waals surface area (Å²) in [4.78, 5) is 23.4. The van der Waals surface area contributed by atoms with E-state index in [0.29, 0.717) is 5.00 Å². The van der Waals surface area contributed by atoms with Crippen LogP contribution in [0.1, 0.15) is 16.8 Å². The molecule has 0 radical (unpaired) electrons. The Kier molecular flexibility index (Phi) is 4.68. The van der Waals surface area contributed by atoms with Gasteiger partial charge in [0.25, 0.3) is 5.91 Å². The Hall–Kier alpha value is -2.58. The molecule has 0 aliphatic carbocycles. The first-order valence-corrected chi connectivity index (χ1v) is 8.32. The highest BCUT2D eigenvalue weighted by atomic mass is 32.1. The van der Waals surface area contributed by atoms with E-state index >= 15 is 0 Å². The molecule has 1 saturated heterocycles. The van der Waals surface area contributed by atoms with Crippen molar-refractivity contribution < 1.29 is 14.3 Å². The summed E-state index contributed by atoms with van der Waals surface area (Å²) >= 11 is 1.24. The molecule has 1 atom stereocenters. The first-order valence-electron chi connectivity index (χ1n) is 7.51. The van der Waals surface area contributed by atoms with E-state index in [1.165, 1.54) is 11.3 Å². The number of carbonyl (C=O) groups is 2. The predicted octanol–water partition coefficient (Wildman–Crippen LogP) is 1.75. The number of ether oxygens (including phenoxy) is 1. The minimum Gasteiger partial charge on any atom is -0.489 e. The van der Waals surface area contributed by atoms with E-state index in [9.17, 15) is 9.59 Å². The number of hydrogen-bond acceptors (Lipinski definition) is 5. The number of nitrogens with one attached hydrogen (secondary N) is 2. The lowest BCUT2D eigenvalue weighted by Crippen LogP contribution is -2.21. The molecule has 1 aliphatic heterocycles. The van der Waals surface area contributed by atoms with Gasteiger partial charge in [0.2, 0.25) is 0 Å². The van der Waals surface area contributed by atoms with Crippen LogP contribution in [0.3, 0.4) is 0 Å². The van der Waals surface area contributed by atoms with Gasteiger partial charge >= 0.3 is 6.03 Å². The maximum Gasteiger partial charge on any atom is 0.317 e. The minimum absolute atomic E-state index is 0.199. The van der Waals surface area contributed by atoms with Crippen molar-refractivity contribution in [1.82, 2.24) is 5.32 Å². The van der Waals surface area contributed by atoms with E-state index in [4.69, 9.17) is 16.2 Å². The molecule has 1 fully saturated rings. The zero-order chi connectivity index (χ0) is 17.1. The Bertz CT molecular complexity index is 751. The van der Waals surface area contributed by atoms with Gasteiger partial charge in [-0.25, -0.2) is 4.79 Å². The topological polar surface area (TPSA) is 119 Å². The molecule has 1 aromatic heterocycles. The van der Waals surface area contributed by atoms with Crippen molar-refractivity contribution in [2.24, 2.45) is 11.5 Å². The fourth-order valence-corrected chi connectivity index (χ4v) is 3.61. The van der Waals surface area contributed by atoms with Gasteiger partial charge < -0.3 is 21.5 Å². The van der Waals surface area contributed by atoms with Crippen LogP contribution in [0.25, 0.3) is 10.4 Å². The first-order chi connectivity index (χ1) is 11.5. The second-order valence-corrected chi connectivity index (χ2v) is 6.52. The van der Waals surface area contributed by atoms with E-state index in [1.807, 2.05) is 24.3 Å². The molecule has 126 valence electrons. The second kappa shape index (κ2) is 6.90.